The Morgan fingerprint density at radius 2 is 1.83 bits per heavy atom. The summed E-state index contributed by atoms with van der Waals surface area (Å²) in [4.78, 5) is 26.2. The first kappa shape index (κ1) is 10.4. The van der Waals surface area contributed by atoms with Gasteiger partial charge in [-0.05, 0) is 43.2 Å². The molecule has 1 aromatic rings. The average molecular weight is 245 g/mol. The zero-order chi connectivity index (χ0) is 12.3. The minimum absolute atomic E-state index is 0.0220. The molecule has 4 atom stereocenters. The van der Waals surface area contributed by atoms with Crippen molar-refractivity contribution in [1.29, 1.82) is 0 Å². The maximum atomic E-state index is 12.4. The minimum Gasteiger partial charge on any atom is -0.467 e. The summed E-state index contributed by atoms with van der Waals surface area (Å²) >= 11 is 0. The highest BCUT2D eigenvalue weighted by Gasteiger charge is 2.60. The number of furan rings is 1. The molecule has 3 aliphatic rings. The maximum Gasteiger partial charge on any atom is 0.233 e. The summed E-state index contributed by atoms with van der Waals surface area (Å²) in [6, 6.07) is 3.59. The van der Waals surface area contributed by atoms with Gasteiger partial charge >= 0.3 is 0 Å². The quantitative estimate of drug-likeness (QED) is 0.747. The zero-order valence-corrected chi connectivity index (χ0v) is 10.0. The molecule has 1 saturated heterocycles. The molecule has 18 heavy (non-hydrogen) atoms. The number of carbonyl (C=O) groups excluding carboxylic acids is 2. The number of imide groups is 1. The van der Waals surface area contributed by atoms with Crippen LogP contribution in [0.1, 0.15) is 25.0 Å². The lowest BCUT2D eigenvalue weighted by Crippen LogP contribution is -2.32. The summed E-state index contributed by atoms with van der Waals surface area (Å²) < 4.78 is 5.24. The Morgan fingerprint density at radius 1 is 1.17 bits per heavy atom. The molecular formula is C14H15NO3. The minimum atomic E-state index is -0.0220. The highest BCUT2D eigenvalue weighted by atomic mass is 16.3. The van der Waals surface area contributed by atoms with Gasteiger partial charge in [-0.15, -0.1) is 0 Å². The van der Waals surface area contributed by atoms with Gasteiger partial charge in [-0.25, -0.2) is 0 Å². The van der Waals surface area contributed by atoms with E-state index in [0.717, 1.165) is 19.3 Å². The SMILES string of the molecule is O=C1[C@H]2[C@H]3CC[C@@H](C3)[C@@H]2C(=O)N1Cc1ccco1. The van der Waals surface area contributed by atoms with Crippen molar-refractivity contribution in [2.45, 2.75) is 25.8 Å². The Bertz CT molecular complexity index is 479. The summed E-state index contributed by atoms with van der Waals surface area (Å²) in [6.45, 7) is 0.303. The molecule has 4 rings (SSSR count). The fourth-order valence-electron chi connectivity index (χ4n) is 4.18. The number of nitrogens with zero attached hydrogens (tertiary/aromatic N) is 1. The van der Waals surface area contributed by atoms with Crippen molar-refractivity contribution in [2.75, 3.05) is 0 Å². The Morgan fingerprint density at radius 3 is 2.39 bits per heavy atom. The Hall–Kier alpha value is -1.58. The molecule has 0 N–H and O–H groups in total. The summed E-state index contributed by atoms with van der Waals surface area (Å²) in [5, 5.41) is 0. The van der Waals surface area contributed by atoms with Crippen LogP contribution in [-0.2, 0) is 16.1 Å². The number of rotatable bonds is 2. The van der Waals surface area contributed by atoms with Crippen molar-refractivity contribution in [3.63, 3.8) is 0 Å². The van der Waals surface area contributed by atoms with Gasteiger partial charge in [0.25, 0.3) is 0 Å². The van der Waals surface area contributed by atoms with Crippen LogP contribution in [0.4, 0.5) is 0 Å². The summed E-state index contributed by atoms with van der Waals surface area (Å²) in [6.07, 6.45) is 4.91. The van der Waals surface area contributed by atoms with Gasteiger partial charge in [0.15, 0.2) is 0 Å². The predicted molar refractivity (Wildman–Crippen MR) is 62.1 cm³/mol. The van der Waals surface area contributed by atoms with Gasteiger partial charge in [-0.2, -0.15) is 0 Å². The van der Waals surface area contributed by atoms with Crippen LogP contribution >= 0.6 is 0 Å². The predicted octanol–water partition coefficient (Wildman–Crippen LogP) is 1.81. The van der Waals surface area contributed by atoms with Crippen LogP contribution in [0.2, 0.25) is 0 Å². The third kappa shape index (κ3) is 1.21. The van der Waals surface area contributed by atoms with Crippen LogP contribution in [-0.4, -0.2) is 16.7 Å². The van der Waals surface area contributed by atoms with Crippen LogP contribution in [0.15, 0.2) is 22.8 Å². The van der Waals surface area contributed by atoms with Crippen LogP contribution in [0, 0.1) is 23.7 Å². The fourth-order valence-corrected chi connectivity index (χ4v) is 4.18. The van der Waals surface area contributed by atoms with Gasteiger partial charge in [-0.1, -0.05) is 0 Å². The summed E-state index contributed by atoms with van der Waals surface area (Å²) in [5.74, 6) is 1.62. The van der Waals surface area contributed by atoms with Crippen molar-refractivity contribution >= 4 is 11.8 Å². The molecule has 0 unspecified atom stereocenters. The number of amides is 2. The van der Waals surface area contributed by atoms with Gasteiger partial charge in [-0.3, -0.25) is 14.5 Å². The van der Waals surface area contributed by atoms with Crippen LogP contribution < -0.4 is 0 Å². The highest BCUT2D eigenvalue weighted by molar-refractivity contribution is 6.05. The number of likely N-dealkylation sites (tertiary alicyclic amines) is 1. The molecule has 0 spiro atoms. The first-order chi connectivity index (χ1) is 8.75. The standard InChI is InChI=1S/C14H15NO3/c16-13-11-8-3-4-9(6-8)12(11)14(17)15(13)7-10-2-1-5-18-10/h1-2,5,8-9,11-12H,3-4,6-7H2/t8-,9-,11-,12-/m0/s1. The number of hydrogen-bond acceptors (Lipinski definition) is 3. The molecule has 2 aliphatic carbocycles. The van der Waals surface area contributed by atoms with Gasteiger partial charge < -0.3 is 4.42 Å². The van der Waals surface area contributed by atoms with Gasteiger partial charge in [0.2, 0.25) is 11.8 Å². The molecule has 4 nitrogen and oxygen atoms in total. The second kappa shape index (κ2) is 3.46. The topological polar surface area (TPSA) is 50.5 Å². The number of carbonyl (C=O) groups is 2. The highest BCUT2D eigenvalue weighted by Crippen LogP contribution is 2.56. The molecule has 0 aromatic carbocycles. The molecular weight excluding hydrogens is 230 g/mol. The zero-order valence-electron chi connectivity index (χ0n) is 10.0. The third-order valence-electron chi connectivity index (χ3n) is 4.91. The van der Waals surface area contributed by atoms with Crippen molar-refractivity contribution in [2.24, 2.45) is 23.7 Å². The van der Waals surface area contributed by atoms with Gasteiger partial charge in [0, 0.05) is 0 Å². The van der Waals surface area contributed by atoms with E-state index in [2.05, 4.69) is 0 Å². The second-order valence-electron chi connectivity index (χ2n) is 5.73. The van der Waals surface area contributed by atoms with Gasteiger partial charge in [0.05, 0.1) is 24.6 Å². The summed E-state index contributed by atoms with van der Waals surface area (Å²) in [7, 11) is 0. The smallest absolute Gasteiger partial charge is 0.233 e. The lowest BCUT2D eigenvalue weighted by atomic mass is 9.81. The lowest BCUT2D eigenvalue weighted by molar-refractivity contribution is -0.141. The molecule has 1 aromatic heterocycles. The second-order valence-corrected chi connectivity index (χ2v) is 5.73. The molecule has 94 valence electrons. The van der Waals surface area contributed by atoms with Crippen molar-refractivity contribution in [3.05, 3.63) is 24.2 Å². The third-order valence-corrected chi connectivity index (χ3v) is 4.91. The number of fused-ring (bicyclic) bond motifs is 5. The number of hydrogen-bond donors (Lipinski definition) is 0. The largest absolute Gasteiger partial charge is 0.467 e. The van der Waals surface area contributed by atoms with Crippen molar-refractivity contribution in [1.82, 2.24) is 4.90 Å². The van der Waals surface area contributed by atoms with E-state index in [1.54, 1.807) is 12.3 Å². The van der Waals surface area contributed by atoms with E-state index in [1.165, 1.54) is 4.90 Å². The molecule has 0 radical (unpaired) electrons. The molecule has 2 amide bonds. The maximum absolute atomic E-state index is 12.4. The molecule has 1 aliphatic heterocycles. The first-order valence-corrected chi connectivity index (χ1v) is 6.63. The van der Waals surface area contributed by atoms with E-state index in [1.807, 2.05) is 6.07 Å². The van der Waals surface area contributed by atoms with E-state index in [0.29, 0.717) is 24.1 Å². The monoisotopic (exact) mass is 245 g/mol. The van der Waals surface area contributed by atoms with Crippen LogP contribution in [0.5, 0.6) is 0 Å². The van der Waals surface area contributed by atoms with E-state index < -0.39 is 0 Å². The van der Waals surface area contributed by atoms with Gasteiger partial charge in [0.1, 0.15) is 5.76 Å². The average Bonchev–Trinajstić information content (AvgIpc) is 3.10. The van der Waals surface area contributed by atoms with Crippen molar-refractivity contribution in [3.8, 4) is 0 Å². The van der Waals surface area contributed by atoms with E-state index in [-0.39, 0.29) is 23.7 Å². The fraction of sp³-hybridized carbons (Fsp3) is 0.571. The van der Waals surface area contributed by atoms with Crippen molar-refractivity contribution < 1.29 is 14.0 Å². The lowest BCUT2D eigenvalue weighted by Gasteiger charge is -2.19. The molecule has 2 heterocycles. The molecule has 3 fully saturated rings. The van der Waals surface area contributed by atoms with Crippen LogP contribution in [0.25, 0.3) is 0 Å². The molecule has 2 saturated carbocycles. The molecule has 4 heteroatoms. The normalized spacial score (nSPS) is 37.7. The Labute approximate surface area is 105 Å². The Balaban J connectivity index is 1.63. The van der Waals surface area contributed by atoms with E-state index in [9.17, 15) is 9.59 Å². The first-order valence-electron chi connectivity index (χ1n) is 6.63. The summed E-state index contributed by atoms with van der Waals surface area (Å²) in [5.41, 5.74) is 0. The van der Waals surface area contributed by atoms with E-state index in [4.69, 9.17) is 4.42 Å². The Kier molecular flexibility index (Phi) is 1.99. The van der Waals surface area contributed by atoms with Crippen LogP contribution in [0.3, 0.4) is 0 Å². The molecule has 2 bridgehead atoms. The van der Waals surface area contributed by atoms with E-state index >= 15 is 0 Å².